The molecule has 1 aliphatic carbocycles. The van der Waals surface area contributed by atoms with Crippen LogP contribution in [0, 0.1) is 5.92 Å². The number of nitrogens with zero attached hydrogens (tertiary/aromatic N) is 1. The van der Waals surface area contributed by atoms with Crippen molar-refractivity contribution < 1.29 is 0 Å². The second kappa shape index (κ2) is 5.08. The summed E-state index contributed by atoms with van der Waals surface area (Å²) in [4.78, 5) is 4.41. The molecule has 82 valence electrons. The molecule has 1 unspecified atom stereocenters. The third kappa shape index (κ3) is 3.58. The molecule has 0 radical (unpaired) electrons. The van der Waals surface area contributed by atoms with Crippen LogP contribution in [0.25, 0.3) is 0 Å². The van der Waals surface area contributed by atoms with Crippen LogP contribution in [0.4, 0.5) is 0 Å². The molecule has 1 N–H and O–H groups in total. The summed E-state index contributed by atoms with van der Waals surface area (Å²) >= 11 is 3.40. The van der Waals surface area contributed by atoms with E-state index in [2.05, 4.69) is 38.4 Å². The van der Waals surface area contributed by atoms with Gasteiger partial charge in [0, 0.05) is 28.8 Å². The average molecular weight is 269 g/mol. The van der Waals surface area contributed by atoms with Crippen LogP contribution in [-0.2, 0) is 6.42 Å². The summed E-state index contributed by atoms with van der Waals surface area (Å²) in [7, 11) is 2.05. The Morgan fingerprint density at radius 3 is 2.87 bits per heavy atom. The fourth-order valence-electron chi connectivity index (χ4n) is 1.84. The molecule has 3 heteroatoms. The molecular formula is C12H17BrN2. The van der Waals surface area contributed by atoms with Crippen LogP contribution in [0.2, 0.25) is 0 Å². The lowest BCUT2D eigenvalue weighted by Gasteiger charge is -2.15. The van der Waals surface area contributed by atoms with E-state index < -0.39 is 0 Å². The van der Waals surface area contributed by atoms with Gasteiger partial charge in [0.1, 0.15) is 0 Å². The summed E-state index contributed by atoms with van der Waals surface area (Å²) in [5.74, 6) is 0.970. The van der Waals surface area contributed by atoms with Gasteiger partial charge in [0.25, 0.3) is 0 Å². The predicted molar refractivity (Wildman–Crippen MR) is 65.8 cm³/mol. The summed E-state index contributed by atoms with van der Waals surface area (Å²) in [6.07, 6.45) is 7.06. The van der Waals surface area contributed by atoms with Crippen molar-refractivity contribution in [3.63, 3.8) is 0 Å². The van der Waals surface area contributed by atoms with Crippen LogP contribution >= 0.6 is 15.9 Å². The number of rotatable bonds is 5. The van der Waals surface area contributed by atoms with Crippen molar-refractivity contribution in [1.82, 2.24) is 10.3 Å². The Hall–Kier alpha value is -0.410. The lowest BCUT2D eigenvalue weighted by Crippen LogP contribution is -2.28. The molecule has 0 amide bonds. The van der Waals surface area contributed by atoms with Gasteiger partial charge in [0.15, 0.2) is 0 Å². The minimum atomic E-state index is 0.589. The van der Waals surface area contributed by atoms with E-state index in [4.69, 9.17) is 0 Å². The monoisotopic (exact) mass is 268 g/mol. The largest absolute Gasteiger partial charge is 0.317 e. The van der Waals surface area contributed by atoms with Gasteiger partial charge < -0.3 is 5.32 Å². The normalized spacial score (nSPS) is 17.7. The molecule has 1 saturated carbocycles. The van der Waals surface area contributed by atoms with Crippen LogP contribution in [0.15, 0.2) is 22.8 Å². The van der Waals surface area contributed by atoms with Crippen molar-refractivity contribution in [2.45, 2.75) is 31.7 Å². The van der Waals surface area contributed by atoms with Crippen LogP contribution in [0.3, 0.4) is 0 Å². The predicted octanol–water partition coefficient (Wildman–Crippen LogP) is 2.77. The zero-order chi connectivity index (χ0) is 10.7. The maximum Gasteiger partial charge on any atom is 0.0419 e. The number of pyridine rings is 1. The first-order valence-corrected chi connectivity index (χ1v) is 6.35. The van der Waals surface area contributed by atoms with E-state index in [1.165, 1.54) is 25.0 Å². The highest BCUT2D eigenvalue weighted by atomic mass is 79.9. The highest BCUT2D eigenvalue weighted by Gasteiger charge is 2.24. The van der Waals surface area contributed by atoms with Crippen molar-refractivity contribution in [3.05, 3.63) is 28.5 Å². The molecule has 1 atom stereocenters. The average Bonchev–Trinajstić information content (AvgIpc) is 3.04. The van der Waals surface area contributed by atoms with Crippen LogP contribution in [-0.4, -0.2) is 18.1 Å². The van der Waals surface area contributed by atoms with Gasteiger partial charge in [-0.15, -0.1) is 0 Å². The number of hydrogen-bond donors (Lipinski definition) is 1. The second-order valence-corrected chi connectivity index (χ2v) is 5.25. The standard InChI is InChI=1S/C12H17BrN2/c1-14-12(6-9-2-3-9)7-11-5-4-10(13)8-15-11/h4-5,8-9,12,14H,2-3,6-7H2,1H3. The lowest BCUT2D eigenvalue weighted by atomic mass is 10.0. The minimum absolute atomic E-state index is 0.589. The molecule has 0 spiro atoms. The first-order chi connectivity index (χ1) is 7.28. The zero-order valence-electron chi connectivity index (χ0n) is 9.04. The molecule has 2 rings (SSSR count). The summed E-state index contributed by atoms with van der Waals surface area (Å²) < 4.78 is 1.05. The van der Waals surface area contributed by atoms with Crippen molar-refractivity contribution in [2.24, 2.45) is 5.92 Å². The van der Waals surface area contributed by atoms with E-state index in [1.54, 1.807) is 0 Å². The quantitative estimate of drug-likeness (QED) is 0.889. The van der Waals surface area contributed by atoms with E-state index in [0.717, 1.165) is 16.8 Å². The van der Waals surface area contributed by atoms with Gasteiger partial charge in [0.05, 0.1) is 0 Å². The topological polar surface area (TPSA) is 24.9 Å². The maximum absolute atomic E-state index is 4.41. The number of halogens is 1. The van der Waals surface area contributed by atoms with Crippen molar-refractivity contribution >= 4 is 15.9 Å². The minimum Gasteiger partial charge on any atom is -0.317 e. The molecule has 1 aromatic heterocycles. The Morgan fingerprint density at radius 1 is 1.53 bits per heavy atom. The third-order valence-electron chi connectivity index (χ3n) is 2.97. The zero-order valence-corrected chi connectivity index (χ0v) is 10.6. The number of likely N-dealkylation sites (N-methyl/N-ethyl adjacent to an activating group) is 1. The van der Waals surface area contributed by atoms with Crippen LogP contribution in [0.1, 0.15) is 25.0 Å². The first-order valence-electron chi connectivity index (χ1n) is 5.55. The molecule has 1 heterocycles. The van der Waals surface area contributed by atoms with Gasteiger partial charge in [-0.25, -0.2) is 0 Å². The molecule has 1 aromatic rings. The maximum atomic E-state index is 4.41. The summed E-state index contributed by atoms with van der Waals surface area (Å²) in [6, 6.07) is 4.75. The summed E-state index contributed by atoms with van der Waals surface area (Å²) in [5.41, 5.74) is 1.18. The fraction of sp³-hybridized carbons (Fsp3) is 0.583. The lowest BCUT2D eigenvalue weighted by molar-refractivity contribution is 0.486. The van der Waals surface area contributed by atoms with Crippen LogP contribution in [0.5, 0.6) is 0 Å². The van der Waals surface area contributed by atoms with E-state index in [0.29, 0.717) is 6.04 Å². The molecule has 0 bridgehead atoms. The Labute approximate surface area is 99.6 Å². The van der Waals surface area contributed by atoms with Gasteiger partial charge in [-0.1, -0.05) is 12.8 Å². The van der Waals surface area contributed by atoms with Gasteiger partial charge in [-0.2, -0.15) is 0 Å². The molecular weight excluding hydrogens is 252 g/mol. The highest BCUT2D eigenvalue weighted by Crippen LogP contribution is 2.33. The smallest absolute Gasteiger partial charge is 0.0419 e. The van der Waals surface area contributed by atoms with Gasteiger partial charge in [-0.05, 0) is 47.4 Å². The van der Waals surface area contributed by atoms with E-state index in [9.17, 15) is 0 Å². The number of aromatic nitrogens is 1. The van der Waals surface area contributed by atoms with E-state index in [-0.39, 0.29) is 0 Å². The summed E-state index contributed by atoms with van der Waals surface area (Å²) in [6.45, 7) is 0. The third-order valence-corrected chi connectivity index (χ3v) is 3.44. The molecule has 0 aromatic carbocycles. The second-order valence-electron chi connectivity index (χ2n) is 4.34. The molecule has 0 aliphatic heterocycles. The van der Waals surface area contributed by atoms with Crippen molar-refractivity contribution in [1.29, 1.82) is 0 Å². The van der Waals surface area contributed by atoms with Crippen molar-refractivity contribution in [3.8, 4) is 0 Å². The first kappa shape index (κ1) is 11.1. The SMILES string of the molecule is CNC(Cc1ccc(Br)cn1)CC1CC1. The van der Waals surface area contributed by atoms with Gasteiger partial charge in [0.2, 0.25) is 0 Å². The molecule has 1 aliphatic rings. The molecule has 0 saturated heterocycles. The fourth-order valence-corrected chi connectivity index (χ4v) is 2.07. The molecule has 2 nitrogen and oxygen atoms in total. The number of nitrogens with one attached hydrogen (secondary N) is 1. The Balaban J connectivity index is 1.89. The van der Waals surface area contributed by atoms with Crippen molar-refractivity contribution in [2.75, 3.05) is 7.05 Å². The van der Waals surface area contributed by atoms with E-state index >= 15 is 0 Å². The summed E-state index contributed by atoms with van der Waals surface area (Å²) in [5, 5.41) is 3.38. The Morgan fingerprint density at radius 2 is 2.33 bits per heavy atom. The Kier molecular flexibility index (Phi) is 3.76. The van der Waals surface area contributed by atoms with Crippen LogP contribution < -0.4 is 5.32 Å². The van der Waals surface area contributed by atoms with E-state index in [1.807, 2.05) is 13.2 Å². The highest BCUT2D eigenvalue weighted by molar-refractivity contribution is 9.10. The number of hydrogen-bond acceptors (Lipinski definition) is 2. The van der Waals surface area contributed by atoms with Gasteiger partial charge >= 0.3 is 0 Å². The molecule has 1 fully saturated rings. The van der Waals surface area contributed by atoms with Gasteiger partial charge in [-0.3, -0.25) is 4.98 Å². The molecule has 15 heavy (non-hydrogen) atoms. The Bertz CT molecular complexity index is 306.